The molecule has 4 atom stereocenters. The number of fused-ring (bicyclic) bond motifs is 6. The molecule has 0 saturated heterocycles. The van der Waals surface area contributed by atoms with Gasteiger partial charge in [0.15, 0.2) is 0 Å². The molecule has 3 heteroatoms. The minimum Gasteiger partial charge on any atom is -0.309 e. The second-order valence-electron chi connectivity index (χ2n) is 14.8. The standard InChI is InChI=1S/C47H51N3/c1-9-29(5)33-14-19-43-39(23-33)40-24-34(30(6)10-2)15-20-44(40)49(43)38-18-13-37(28-48)47(27-38)50-45-21-16-35(31(7)11-3)25-41(45)42-26-36(32(8)12-4)17-22-46(42)50/h13-27,29-32H,9-12H2,1-8H3. The predicted octanol–water partition coefficient (Wildman–Crippen LogP) is 13.8. The second kappa shape index (κ2) is 13.5. The fraction of sp³-hybridized carbons (Fsp3) is 0.340. The fourth-order valence-corrected chi connectivity index (χ4v) is 7.76. The Morgan fingerprint density at radius 3 is 1.12 bits per heavy atom. The first-order chi connectivity index (χ1) is 24.2. The molecule has 0 bridgehead atoms. The third-order valence-electron chi connectivity index (χ3n) is 12.0. The highest BCUT2D eigenvalue weighted by atomic mass is 15.0. The number of hydrogen-bond donors (Lipinski definition) is 0. The van der Waals surface area contributed by atoms with Gasteiger partial charge in [0.2, 0.25) is 0 Å². The largest absolute Gasteiger partial charge is 0.309 e. The maximum Gasteiger partial charge on any atom is 0.101 e. The Balaban J connectivity index is 1.52. The summed E-state index contributed by atoms with van der Waals surface area (Å²) in [4.78, 5) is 0. The molecular formula is C47H51N3. The Morgan fingerprint density at radius 2 is 0.800 bits per heavy atom. The van der Waals surface area contributed by atoms with Gasteiger partial charge in [0, 0.05) is 27.2 Å². The minimum absolute atomic E-state index is 0.477. The van der Waals surface area contributed by atoms with Gasteiger partial charge in [0.1, 0.15) is 6.07 Å². The second-order valence-corrected chi connectivity index (χ2v) is 14.8. The SMILES string of the molecule is CCC(C)c1ccc2c(c1)c1cc(C(C)CC)ccc1n2-c1ccc(C#N)c(-n2c3ccc(C(C)CC)cc3c3cc(C(C)CC)ccc32)c1. The first kappa shape index (κ1) is 33.7. The summed E-state index contributed by atoms with van der Waals surface area (Å²) in [6, 6.07) is 36.9. The van der Waals surface area contributed by atoms with E-state index in [1.54, 1.807) is 0 Å². The summed E-state index contributed by atoms with van der Waals surface area (Å²) in [6.07, 6.45) is 4.41. The van der Waals surface area contributed by atoms with Gasteiger partial charge in [-0.05, 0) is 138 Å². The van der Waals surface area contributed by atoms with Crippen LogP contribution in [0, 0.1) is 11.3 Å². The van der Waals surface area contributed by atoms with Crippen molar-refractivity contribution in [3.63, 3.8) is 0 Å². The summed E-state index contributed by atoms with van der Waals surface area (Å²) in [7, 11) is 0. The molecule has 2 aromatic heterocycles. The van der Waals surface area contributed by atoms with E-state index in [1.165, 1.54) is 54.8 Å². The van der Waals surface area contributed by atoms with Gasteiger partial charge in [-0.15, -0.1) is 0 Å². The summed E-state index contributed by atoms with van der Waals surface area (Å²) in [5, 5.41) is 15.7. The third kappa shape index (κ3) is 5.50. The third-order valence-corrected chi connectivity index (χ3v) is 12.0. The molecule has 50 heavy (non-hydrogen) atoms. The molecule has 5 aromatic carbocycles. The molecule has 0 fully saturated rings. The molecule has 0 radical (unpaired) electrons. The highest BCUT2D eigenvalue weighted by molar-refractivity contribution is 6.11. The number of hydrogen-bond acceptors (Lipinski definition) is 1. The van der Waals surface area contributed by atoms with Crippen LogP contribution in [-0.4, -0.2) is 9.13 Å². The molecule has 7 rings (SSSR count). The molecule has 254 valence electrons. The molecule has 4 unspecified atom stereocenters. The van der Waals surface area contributed by atoms with Gasteiger partial charge < -0.3 is 9.13 Å². The van der Waals surface area contributed by atoms with E-state index in [2.05, 4.69) is 156 Å². The lowest BCUT2D eigenvalue weighted by Gasteiger charge is -2.16. The average molecular weight is 658 g/mol. The number of aromatic nitrogens is 2. The van der Waals surface area contributed by atoms with E-state index in [0.717, 1.165) is 48.1 Å². The van der Waals surface area contributed by atoms with Crippen LogP contribution in [0.4, 0.5) is 0 Å². The van der Waals surface area contributed by atoms with Gasteiger partial charge in [0.05, 0.1) is 33.3 Å². The molecule has 0 spiro atoms. The molecule has 2 heterocycles. The molecule has 0 N–H and O–H groups in total. The highest BCUT2D eigenvalue weighted by Gasteiger charge is 2.21. The summed E-state index contributed by atoms with van der Waals surface area (Å²) in [5.74, 6) is 1.94. The van der Waals surface area contributed by atoms with Crippen LogP contribution in [0.1, 0.15) is 133 Å². The van der Waals surface area contributed by atoms with Gasteiger partial charge in [-0.25, -0.2) is 0 Å². The normalized spacial score (nSPS) is 14.4. The van der Waals surface area contributed by atoms with Crippen molar-refractivity contribution in [2.24, 2.45) is 0 Å². The van der Waals surface area contributed by atoms with Crippen molar-refractivity contribution in [3.8, 4) is 17.4 Å². The van der Waals surface area contributed by atoms with Crippen LogP contribution in [0.15, 0.2) is 91.0 Å². The smallest absolute Gasteiger partial charge is 0.101 e. The maximum atomic E-state index is 10.6. The Kier molecular flexibility index (Phi) is 9.08. The first-order valence-electron chi connectivity index (χ1n) is 18.9. The van der Waals surface area contributed by atoms with Crippen LogP contribution in [0.5, 0.6) is 0 Å². The fourth-order valence-electron chi connectivity index (χ4n) is 7.76. The van der Waals surface area contributed by atoms with Crippen molar-refractivity contribution in [2.45, 2.75) is 105 Å². The van der Waals surface area contributed by atoms with Crippen molar-refractivity contribution < 1.29 is 0 Å². The maximum absolute atomic E-state index is 10.6. The van der Waals surface area contributed by atoms with Crippen LogP contribution in [-0.2, 0) is 0 Å². The van der Waals surface area contributed by atoms with E-state index in [0.29, 0.717) is 29.2 Å². The van der Waals surface area contributed by atoms with Crippen LogP contribution >= 0.6 is 0 Å². The Bertz CT molecular complexity index is 2280. The van der Waals surface area contributed by atoms with Crippen LogP contribution in [0.25, 0.3) is 55.0 Å². The number of rotatable bonds is 10. The number of nitrogens with zero attached hydrogens (tertiary/aromatic N) is 3. The molecule has 0 aliphatic heterocycles. The Labute approximate surface area is 298 Å². The van der Waals surface area contributed by atoms with Crippen molar-refractivity contribution in [2.75, 3.05) is 0 Å². The van der Waals surface area contributed by atoms with Crippen LogP contribution in [0.3, 0.4) is 0 Å². The van der Waals surface area contributed by atoms with Crippen molar-refractivity contribution >= 4 is 43.6 Å². The van der Waals surface area contributed by atoms with E-state index in [-0.39, 0.29) is 0 Å². The van der Waals surface area contributed by atoms with Gasteiger partial charge in [-0.3, -0.25) is 0 Å². The zero-order valence-electron chi connectivity index (χ0n) is 31.1. The molecule has 0 aliphatic carbocycles. The lowest BCUT2D eigenvalue weighted by molar-refractivity contribution is 0.734. The molecule has 3 nitrogen and oxygen atoms in total. The van der Waals surface area contributed by atoms with E-state index in [9.17, 15) is 5.26 Å². The summed E-state index contributed by atoms with van der Waals surface area (Å²) in [6.45, 7) is 18.3. The van der Waals surface area contributed by atoms with Gasteiger partial charge in [0.25, 0.3) is 0 Å². The van der Waals surface area contributed by atoms with Gasteiger partial charge >= 0.3 is 0 Å². The Hall–Kier alpha value is -4.81. The molecule has 0 saturated carbocycles. The summed E-state index contributed by atoms with van der Waals surface area (Å²) >= 11 is 0. The van der Waals surface area contributed by atoms with E-state index in [1.807, 2.05) is 6.07 Å². The first-order valence-corrected chi connectivity index (χ1v) is 18.9. The lowest BCUT2D eigenvalue weighted by atomic mass is 9.95. The zero-order chi connectivity index (χ0) is 35.3. The quantitative estimate of drug-likeness (QED) is 0.144. The highest BCUT2D eigenvalue weighted by Crippen LogP contribution is 2.40. The number of benzene rings is 5. The summed E-state index contributed by atoms with van der Waals surface area (Å²) < 4.78 is 4.75. The number of nitriles is 1. The van der Waals surface area contributed by atoms with Crippen molar-refractivity contribution in [1.29, 1.82) is 5.26 Å². The molecule has 0 amide bonds. The average Bonchev–Trinajstić information content (AvgIpc) is 3.67. The van der Waals surface area contributed by atoms with Gasteiger partial charge in [-0.1, -0.05) is 79.7 Å². The Morgan fingerprint density at radius 1 is 0.460 bits per heavy atom. The van der Waals surface area contributed by atoms with Crippen molar-refractivity contribution in [3.05, 3.63) is 119 Å². The molecule has 7 aromatic rings. The minimum atomic E-state index is 0.477. The van der Waals surface area contributed by atoms with Gasteiger partial charge in [-0.2, -0.15) is 5.26 Å². The topological polar surface area (TPSA) is 33.6 Å². The lowest BCUT2D eigenvalue weighted by Crippen LogP contribution is -2.02. The predicted molar refractivity (Wildman–Crippen MR) is 215 cm³/mol. The van der Waals surface area contributed by atoms with Crippen molar-refractivity contribution in [1.82, 2.24) is 9.13 Å². The van der Waals surface area contributed by atoms with E-state index >= 15 is 0 Å². The molecule has 0 aliphatic rings. The van der Waals surface area contributed by atoms with Crippen LogP contribution < -0.4 is 0 Å². The zero-order valence-corrected chi connectivity index (χ0v) is 31.1. The van der Waals surface area contributed by atoms with E-state index in [4.69, 9.17) is 0 Å². The monoisotopic (exact) mass is 657 g/mol. The molecular weight excluding hydrogens is 607 g/mol. The van der Waals surface area contributed by atoms with E-state index < -0.39 is 0 Å². The van der Waals surface area contributed by atoms with Crippen LogP contribution in [0.2, 0.25) is 0 Å². The summed E-state index contributed by atoms with van der Waals surface area (Å²) in [5.41, 5.74) is 12.8.